The van der Waals surface area contributed by atoms with Crippen molar-refractivity contribution in [3.63, 3.8) is 0 Å². The van der Waals surface area contributed by atoms with Gasteiger partial charge in [0.1, 0.15) is 0 Å². The van der Waals surface area contributed by atoms with Crippen molar-refractivity contribution in [2.24, 2.45) is 11.8 Å². The molecule has 0 amide bonds. The molecular weight excluding hydrogens is 172 g/mol. The fraction of sp³-hybridized carbons (Fsp3) is 0.583. The van der Waals surface area contributed by atoms with E-state index in [1.54, 1.807) is 0 Å². The standard InChI is InChI=1S/C12H16N2/c1-8-5-9(2)14(13-8)12-7-10-3-4-11(12)6-10/h3-5,10-12H,6-7H2,1-2H3/t10-,11+,12-/m0/s1. The predicted molar refractivity (Wildman–Crippen MR) is 56.1 cm³/mol. The first-order valence-electron chi connectivity index (χ1n) is 5.45. The zero-order chi connectivity index (χ0) is 9.71. The topological polar surface area (TPSA) is 17.8 Å². The molecular formula is C12H16N2. The van der Waals surface area contributed by atoms with Gasteiger partial charge in [-0.1, -0.05) is 12.2 Å². The van der Waals surface area contributed by atoms with Crippen molar-refractivity contribution in [2.75, 3.05) is 0 Å². The van der Waals surface area contributed by atoms with Crippen LogP contribution >= 0.6 is 0 Å². The number of fused-ring (bicyclic) bond motifs is 2. The molecule has 0 saturated heterocycles. The molecule has 1 aromatic heterocycles. The van der Waals surface area contributed by atoms with Gasteiger partial charge in [-0.05, 0) is 44.6 Å². The van der Waals surface area contributed by atoms with Crippen LogP contribution in [0.3, 0.4) is 0 Å². The van der Waals surface area contributed by atoms with Crippen LogP contribution in [0.4, 0.5) is 0 Å². The minimum atomic E-state index is 0.638. The first-order chi connectivity index (χ1) is 6.74. The van der Waals surface area contributed by atoms with Gasteiger partial charge in [0.15, 0.2) is 0 Å². The van der Waals surface area contributed by atoms with Crippen LogP contribution in [0.15, 0.2) is 18.2 Å². The van der Waals surface area contributed by atoms with Crippen molar-refractivity contribution < 1.29 is 0 Å². The molecule has 1 fully saturated rings. The molecule has 2 heteroatoms. The first kappa shape index (κ1) is 8.27. The molecule has 0 N–H and O–H groups in total. The van der Waals surface area contributed by atoms with Crippen LogP contribution in [-0.2, 0) is 0 Å². The minimum absolute atomic E-state index is 0.638. The molecule has 2 aliphatic rings. The second kappa shape index (κ2) is 2.72. The fourth-order valence-corrected chi connectivity index (χ4v) is 3.01. The first-order valence-corrected chi connectivity index (χ1v) is 5.45. The fourth-order valence-electron chi connectivity index (χ4n) is 3.01. The third kappa shape index (κ3) is 1.06. The summed E-state index contributed by atoms with van der Waals surface area (Å²) in [6.07, 6.45) is 7.41. The Bertz CT molecular complexity index is 389. The van der Waals surface area contributed by atoms with Crippen LogP contribution in [0.5, 0.6) is 0 Å². The van der Waals surface area contributed by atoms with Gasteiger partial charge >= 0.3 is 0 Å². The lowest BCUT2D eigenvalue weighted by atomic mass is 10.0. The van der Waals surface area contributed by atoms with Crippen LogP contribution in [0.2, 0.25) is 0 Å². The Morgan fingerprint density at radius 2 is 2.14 bits per heavy atom. The third-order valence-electron chi connectivity index (χ3n) is 3.60. The summed E-state index contributed by atoms with van der Waals surface area (Å²) in [6, 6.07) is 2.81. The van der Waals surface area contributed by atoms with E-state index in [0.717, 1.165) is 17.5 Å². The zero-order valence-corrected chi connectivity index (χ0v) is 8.77. The van der Waals surface area contributed by atoms with Gasteiger partial charge in [-0.25, -0.2) is 0 Å². The highest BCUT2D eigenvalue weighted by Gasteiger charge is 2.37. The lowest BCUT2D eigenvalue weighted by Gasteiger charge is -2.20. The van der Waals surface area contributed by atoms with E-state index in [4.69, 9.17) is 0 Å². The Kier molecular flexibility index (Phi) is 1.61. The maximum absolute atomic E-state index is 4.59. The molecule has 2 bridgehead atoms. The predicted octanol–water partition coefficient (Wildman–Crippen LogP) is 2.64. The van der Waals surface area contributed by atoms with E-state index >= 15 is 0 Å². The Balaban J connectivity index is 1.96. The maximum Gasteiger partial charge on any atom is 0.0596 e. The van der Waals surface area contributed by atoms with E-state index in [1.165, 1.54) is 18.5 Å². The number of rotatable bonds is 1. The molecule has 1 heterocycles. The van der Waals surface area contributed by atoms with Crippen molar-refractivity contribution in [1.82, 2.24) is 9.78 Å². The normalized spacial score (nSPS) is 34.3. The molecule has 0 unspecified atom stereocenters. The van der Waals surface area contributed by atoms with Crippen LogP contribution in [0.25, 0.3) is 0 Å². The van der Waals surface area contributed by atoms with Gasteiger partial charge in [-0.15, -0.1) is 0 Å². The molecule has 1 aromatic rings. The van der Waals surface area contributed by atoms with Gasteiger partial charge in [0.25, 0.3) is 0 Å². The summed E-state index contributed by atoms with van der Waals surface area (Å²) < 4.78 is 2.24. The largest absolute Gasteiger partial charge is 0.266 e. The number of aromatic nitrogens is 2. The van der Waals surface area contributed by atoms with E-state index < -0.39 is 0 Å². The van der Waals surface area contributed by atoms with E-state index in [9.17, 15) is 0 Å². The monoisotopic (exact) mass is 188 g/mol. The molecule has 3 atom stereocenters. The number of aryl methyl sites for hydroxylation is 2. The van der Waals surface area contributed by atoms with E-state index in [-0.39, 0.29) is 0 Å². The van der Waals surface area contributed by atoms with Gasteiger partial charge in [0.05, 0.1) is 11.7 Å². The summed E-state index contributed by atoms with van der Waals surface area (Å²) in [5.74, 6) is 1.58. The lowest BCUT2D eigenvalue weighted by Crippen LogP contribution is -2.16. The van der Waals surface area contributed by atoms with Crippen molar-refractivity contribution in [3.05, 3.63) is 29.6 Å². The van der Waals surface area contributed by atoms with Gasteiger partial charge in [0.2, 0.25) is 0 Å². The summed E-state index contributed by atoms with van der Waals surface area (Å²) in [4.78, 5) is 0. The summed E-state index contributed by atoms with van der Waals surface area (Å²) in [5.41, 5.74) is 2.46. The Hall–Kier alpha value is -1.05. The smallest absolute Gasteiger partial charge is 0.0596 e. The maximum atomic E-state index is 4.59. The lowest BCUT2D eigenvalue weighted by molar-refractivity contribution is 0.386. The average molecular weight is 188 g/mol. The molecule has 1 saturated carbocycles. The van der Waals surface area contributed by atoms with Crippen molar-refractivity contribution >= 4 is 0 Å². The molecule has 3 rings (SSSR count). The highest BCUT2D eigenvalue weighted by atomic mass is 15.3. The average Bonchev–Trinajstić information content (AvgIpc) is 2.79. The van der Waals surface area contributed by atoms with Crippen LogP contribution in [0, 0.1) is 25.7 Å². The molecule has 0 radical (unpaired) electrons. The van der Waals surface area contributed by atoms with Crippen LogP contribution in [-0.4, -0.2) is 9.78 Å². The summed E-state index contributed by atoms with van der Waals surface area (Å²) in [7, 11) is 0. The Morgan fingerprint density at radius 3 is 2.64 bits per heavy atom. The summed E-state index contributed by atoms with van der Waals surface area (Å²) in [6.45, 7) is 4.24. The molecule has 0 spiro atoms. The number of hydrogen-bond acceptors (Lipinski definition) is 1. The van der Waals surface area contributed by atoms with Gasteiger partial charge in [0, 0.05) is 5.69 Å². The Labute approximate surface area is 84.6 Å². The van der Waals surface area contributed by atoms with Crippen LogP contribution < -0.4 is 0 Å². The van der Waals surface area contributed by atoms with Gasteiger partial charge in [-0.2, -0.15) is 5.10 Å². The number of allylic oxidation sites excluding steroid dienone is 2. The van der Waals surface area contributed by atoms with Gasteiger partial charge in [-0.3, -0.25) is 4.68 Å². The van der Waals surface area contributed by atoms with E-state index in [1.807, 2.05) is 0 Å². The molecule has 0 aromatic carbocycles. The molecule has 0 aliphatic heterocycles. The third-order valence-corrected chi connectivity index (χ3v) is 3.60. The second-order valence-corrected chi connectivity index (χ2v) is 4.72. The highest BCUT2D eigenvalue weighted by molar-refractivity contribution is 5.15. The molecule has 74 valence electrons. The summed E-state index contributed by atoms with van der Waals surface area (Å²) >= 11 is 0. The van der Waals surface area contributed by atoms with Crippen molar-refractivity contribution in [2.45, 2.75) is 32.7 Å². The van der Waals surface area contributed by atoms with Crippen LogP contribution in [0.1, 0.15) is 30.3 Å². The quantitative estimate of drug-likeness (QED) is 0.619. The molecule has 2 aliphatic carbocycles. The van der Waals surface area contributed by atoms with Crippen molar-refractivity contribution in [1.29, 1.82) is 0 Å². The Morgan fingerprint density at radius 1 is 1.29 bits per heavy atom. The second-order valence-electron chi connectivity index (χ2n) is 4.72. The highest BCUT2D eigenvalue weighted by Crippen LogP contribution is 2.46. The number of hydrogen-bond donors (Lipinski definition) is 0. The molecule has 14 heavy (non-hydrogen) atoms. The van der Waals surface area contributed by atoms with E-state index in [0.29, 0.717) is 6.04 Å². The minimum Gasteiger partial charge on any atom is -0.266 e. The summed E-state index contributed by atoms with van der Waals surface area (Å²) in [5, 5.41) is 4.59. The van der Waals surface area contributed by atoms with E-state index in [2.05, 4.69) is 41.8 Å². The van der Waals surface area contributed by atoms with Crippen molar-refractivity contribution in [3.8, 4) is 0 Å². The van der Waals surface area contributed by atoms with Gasteiger partial charge < -0.3 is 0 Å². The SMILES string of the molecule is Cc1cc(C)n([C@H]2C[C@H]3C=C[C@@H]2C3)n1. The zero-order valence-electron chi connectivity index (χ0n) is 8.77. The molecule has 2 nitrogen and oxygen atoms in total. The number of nitrogens with zero attached hydrogens (tertiary/aromatic N) is 2.